The van der Waals surface area contributed by atoms with Crippen LogP contribution in [-0.4, -0.2) is 70.9 Å². The second kappa shape index (κ2) is 12.2. The number of benzene rings is 2. The summed E-state index contributed by atoms with van der Waals surface area (Å²) in [5.74, 6) is 0.0685. The fourth-order valence-electron chi connectivity index (χ4n) is 4.94. The van der Waals surface area contributed by atoms with E-state index >= 15 is 0 Å². The maximum absolute atomic E-state index is 12.2. The highest BCUT2D eigenvalue weighted by Crippen LogP contribution is 2.32. The molecule has 218 valence electrons. The van der Waals surface area contributed by atoms with Gasteiger partial charge in [0.25, 0.3) is 0 Å². The Bertz CT molecular complexity index is 1420. The van der Waals surface area contributed by atoms with Crippen molar-refractivity contribution in [2.45, 2.75) is 38.3 Å². The van der Waals surface area contributed by atoms with Gasteiger partial charge in [-0.05, 0) is 36.1 Å². The predicted octanol–water partition coefficient (Wildman–Crippen LogP) is 4.09. The first-order chi connectivity index (χ1) is 20.6. The third-order valence-electron chi connectivity index (χ3n) is 7.03. The monoisotopic (exact) mass is 574 g/mol. The SMILES string of the molecule is CCOC(=O)C1OCOC1c1ncc(-c2ccc(-c3ccc(-c4cnc(C5OCOC5C(=O)OCC)[nH]4)cc3)cc2)[nH]1. The number of rotatable bonds is 9. The van der Waals surface area contributed by atoms with E-state index in [9.17, 15) is 9.59 Å². The molecular formula is C30H30N4O8. The van der Waals surface area contributed by atoms with Crippen molar-refractivity contribution in [2.75, 3.05) is 26.8 Å². The van der Waals surface area contributed by atoms with Gasteiger partial charge in [-0.1, -0.05) is 48.5 Å². The summed E-state index contributed by atoms with van der Waals surface area (Å²) >= 11 is 0. The highest BCUT2D eigenvalue weighted by atomic mass is 16.7. The number of imidazole rings is 2. The molecule has 4 heterocycles. The average Bonchev–Trinajstić information content (AvgIpc) is 3.83. The lowest BCUT2D eigenvalue weighted by atomic mass is 10.0. The number of aromatic amines is 2. The zero-order valence-electron chi connectivity index (χ0n) is 23.1. The van der Waals surface area contributed by atoms with Crippen molar-refractivity contribution in [1.29, 1.82) is 0 Å². The van der Waals surface area contributed by atoms with E-state index in [1.54, 1.807) is 26.2 Å². The summed E-state index contributed by atoms with van der Waals surface area (Å²) in [5.41, 5.74) is 5.54. The molecule has 0 bridgehead atoms. The third kappa shape index (κ3) is 5.57. The number of hydrogen-bond donors (Lipinski definition) is 2. The molecule has 0 radical (unpaired) electrons. The van der Waals surface area contributed by atoms with Gasteiger partial charge in [0.1, 0.15) is 25.2 Å². The van der Waals surface area contributed by atoms with Gasteiger partial charge >= 0.3 is 11.9 Å². The van der Waals surface area contributed by atoms with Gasteiger partial charge in [0.15, 0.2) is 24.4 Å². The van der Waals surface area contributed by atoms with Crippen LogP contribution in [0.2, 0.25) is 0 Å². The number of H-pyrrole nitrogens is 2. The summed E-state index contributed by atoms with van der Waals surface area (Å²) in [5, 5.41) is 0. The summed E-state index contributed by atoms with van der Waals surface area (Å²) in [6.07, 6.45) is 0.404. The van der Waals surface area contributed by atoms with Crippen LogP contribution in [-0.2, 0) is 38.0 Å². The number of nitrogens with zero attached hydrogens (tertiary/aromatic N) is 2. The van der Waals surface area contributed by atoms with Crippen molar-refractivity contribution in [2.24, 2.45) is 0 Å². The molecule has 6 rings (SSSR count). The molecule has 2 aromatic carbocycles. The van der Waals surface area contributed by atoms with Crippen molar-refractivity contribution in [3.05, 3.63) is 72.6 Å². The molecule has 0 amide bonds. The Balaban J connectivity index is 1.12. The van der Waals surface area contributed by atoms with Crippen molar-refractivity contribution in [1.82, 2.24) is 19.9 Å². The molecule has 4 atom stereocenters. The van der Waals surface area contributed by atoms with Crippen LogP contribution in [0.25, 0.3) is 33.6 Å². The summed E-state index contributed by atoms with van der Waals surface area (Å²) in [7, 11) is 0. The molecule has 12 heteroatoms. The van der Waals surface area contributed by atoms with E-state index in [0.29, 0.717) is 11.6 Å². The maximum Gasteiger partial charge on any atom is 0.338 e. The molecule has 4 aromatic rings. The van der Waals surface area contributed by atoms with Crippen LogP contribution >= 0.6 is 0 Å². The van der Waals surface area contributed by atoms with Gasteiger partial charge in [-0.2, -0.15) is 0 Å². The van der Waals surface area contributed by atoms with E-state index in [-0.39, 0.29) is 26.8 Å². The second-order valence-corrected chi connectivity index (χ2v) is 9.61. The minimum atomic E-state index is -0.853. The molecule has 42 heavy (non-hydrogen) atoms. The molecule has 2 aromatic heterocycles. The number of carbonyl (C=O) groups is 2. The zero-order valence-corrected chi connectivity index (χ0v) is 23.1. The quantitative estimate of drug-likeness (QED) is 0.280. The molecule has 12 nitrogen and oxygen atoms in total. The smallest absolute Gasteiger partial charge is 0.338 e. The van der Waals surface area contributed by atoms with Crippen LogP contribution in [0.1, 0.15) is 37.7 Å². The van der Waals surface area contributed by atoms with Crippen molar-refractivity contribution in [3.8, 4) is 33.6 Å². The van der Waals surface area contributed by atoms with Crippen molar-refractivity contribution in [3.63, 3.8) is 0 Å². The Morgan fingerprint density at radius 2 is 1.05 bits per heavy atom. The second-order valence-electron chi connectivity index (χ2n) is 9.61. The zero-order chi connectivity index (χ0) is 29.1. The Hall–Kier alpha value is -4.36. The molecule has 2 N–H and O–H groups in total. The first-order valence-corrected chi connectivity index (χ1v) is 13.7. The Kier molecular flexibility index (Phi) is 8.11. The van der Waals surface area contributed by atoms with E-state index in [0.717, 1.165) is 33.6 Å². The standard InChI is InChI=1S/C30H30N4O8/c1-3-37-29(35)25-23(39-15-41-25)27-31-13-21(33-27)19-9-5-17(6-10-19)18-7-11-20(12-8-18)22-14-32-28(34-22)24-26(42-16-40-24)30(36)38-4-2/h5-14,23-26H,3-4,15-16H2,1-2H3,(H,31,33)(H,32,34). The topological polar surface area (TPSA) is 147 Å². The van der Waals surface area contributed by atoms with Gasteiger partial charge < -0.3 is 38.4 Å². The number of aromatic nitrogens is 4. The number of carbonyl (C=O) groups excluding carboxylic acids is 2. The van der Waals surface area contributed by atoms with Crippen molar-refractivity contribution < 1.29 is 38.0 Å². The highest BCUT2D eigenvalue weighted by molar-refractivity contribution is 5.77. The van der Waals surface area contributed by atoms with E-state index in [2.05, 4.69) is 19.9 Å². The average molecular weight is 575 g/mol. The molecule has 0 spiro atoms. The molecule has 2 saturated heterocycles. The Morgan fingerprint density at radius 3 is 1.43 bits per heavy atom. The highest BCUT2D eigenvalue weighted by Gasteiger charge is 2.40. The van der Waals surface area contributed by atoms with Crippen LogP contribution in [0.3, 0.4) is 0 Å². The van der Waals surface area contributed by atoms with Crippen molar-refractivity contribution >= 4 is 11.9 Å². The van der Waals surface area contributed by atoms with Crippen LogP contribution < -0.4 is 0 Å². The molecule has 4 unspecified atom stereocenters. The molecule has 0 saturated carbocycles. The number of hydrogen-bond acceptors (Lipinski definition) is 10. The lowest BCUT2D eigenvalue weighted by Gasteiger charge is -2.13. The van der Waals surface area contributed by atoms with Gasteiger partial charge in [-0.15, -0.1) is 0 Å². The fourth-order valence-corrected chi connectivity index (χ4v) is 4.94. The first kappa shape index (κ1) is 27.8. The van der Waals surface area contributed by atoms with Gasteiger partial charge in [0, 0.05) is 0 Å². The molecule has 2 aliphatic heterocycles. The lowest BCUT2D eigenvalue weighted by Crippen LogP contribution is -2.28. The largest absolute Gasteiger partial charge is 0.464 e. The number of esters is 2. The minimum Gasteiger partial charge on any atom is -0.464 e. The third-order valence-corrected chi connectivity index (χ3v) is 7.03. The molecule has 2 aliphatic rings. The summed E-state index contributed by atoms with van der Waals surface area (Å²) in [6, 6.07) is 16.1. The van der Waals surface area contributed by atoms with Crippen LogP contribution in [0.15, 0.2) is 60.9 Å². The lowest BCUT2D eigenvalue weighted by molar-refractivity contribution is -0.155. The minimum absolute atomic E-state index is 0.000947. The van der Waals surface area contributed by atoms with Crippen LogP contribution in [0, 0.1) is 0 Å². The number of ether oxygens (including phenoxy) is 6. The summed E-state index contributed by atoms with van der Waals surface area (Å²) in [4.78, 5) is 39.7. The first-order valence-electron chi connectivity index (χ1n) is 13.7. The van der Waals surface area contributed by atoms with Crippen LogP contribution in [0.4, 0.5) is 0 Å². The number of nitrogens with one attached hydrogen (secondary N) is 2. The molecular weight excluding hydrogens is 544 g/mol. The van der Waals surface area contributed by atoms with Crippen LogP contribution in [0.5, 0.6) is 0 Å². The Labute approximate surface area is 241 Å². The van der Waals surface area contributed by atoms with Gasteiger partial charge in [0.05, 0.1) is 37.0 Å². The van der Waals surface area contributed by atoms with E-state index in [1.807, 2.05) is 48.5 Å². The van der Waals surface area contributed by atoms with Gasteiger partial charge in [0.2, 0.25) is 0 Å². The summed E-state index contributed by atoms with van der Waals surface area (Å²) in [6.45, 7) is 4.01. The molecule has 0 aliphatic carbocycles. The fraction of sp³-hybridized carbons (Fsp3) is 0.333. The summed E-state index contributed by atoms with van der Waals surface area (Å²) < 4.78 is 32.1. The normalized spacial score (nSPS) is 21.9. The predicted molar refractivity (Wildman–Crippen MR) is 147 cm³/mol. The van der Waals surface area contributed by atoms with Gasteiger partial charge in [-0.25, -0.2) is 19.6 Å². The van der Waals surface area contributed by atoms with E-state index in [4.69, 9.17) is 28.4 Å². The molecule has 2 fully saturated rings. The van der Waals surface area contributed by atoms with Gasteiger partial charge in [-0.3, -0.25) is 0 Å². The van der Waals surface area contributed by atoms with E-state index in [1.165, 1.54) is 0 Å². The maximum atomic E-state index is 12.2. The van der Waals surface area contributed by atoms with E-state index < -0.39 is 36.4 Å². The Morgan fingerprint density at radius 1 is 0.667 bits per heavy atom.